The number of nitrogens with one attached hydrogen (secondary N) is 1. The first kappa shape index (κ1) is 26.6. The van der Waals surface area contributed by atoms with Gasteiger partial charge in [-0.25, -0.2) is 9.18 Å². The van der Waals surface area contributed by atoms with Gasteiger partial charge in [0.2, 0.25) is 5.60 Å². The SMILES string of the molecule is COc1ccc(F)cc1C(C)(C)CC(O)(C#Cc1ccccc1)C(=O)Nc1ccc2c(=O)onc(C)c2c1. The lowest BCUT2D eigenvalue weighted by molar-refractivity contribution is -0.130. The summed E-state index contributed by atoms with van der Waals surface area (Å²) in [6.45, 7) is 5.22. The van der Waals surface area contributed by atoms with E-state index >= 15 is 0 Å². The van der Waals surface area contributed by atoms with Crippen molar-refractivity contribution < 1.29 is 23.6 Å². The standard InChI is InChI=1S/C30H27FN2O5/c1-19-24-17-22(11-12-23(24)27(34)38-33-19)32-28(35)30(36,15-14-20-8-6-5-7-9-20)18-29(2,3)25-16-21(31)10-13-26(25)37-4/h5-13,16-17,36H,18H2,1-4H3,(H,32,35). The number of hydrogen-bond acceptors (Lipinski definition) is 6. The van der Waals surface area contributed by atoms with Crippen LogP contribution in [0.4, 0.5) is 10.1 Å². The smallest absolute Gasteiger partial charge is 0.366 e. The highest BCUT2D eigenvalue weighted by Crippen LogP contribution is 2.38. The Balaban J connectivity index is 1.75. The van der Waals surface area contributed by atoms with E-state index in [0.29, 0.717) is 39.0 Å². The molecule has 1 amide bonds. The molecule has 38 heavy (non-hydrogen) atoms. The number of carbonyl (C=O) groups excluding carboxylic acids is 1. The number of aryl methyl sites for hydroxylation is 1. The molecule has 3 aromatic carbocycles. The van der Waals surface area contributed by atoms with Crippen LogP contribution in [0.3, 0.4) is 0 Å². The summed E-state index contributed by atoms with van der Waals surface area (Å²) in [5, 5.41) is 19.0. The average Bonchev–Trinajstić information content (AvgIpc) is 2.90. The predicted octanol–water partition coefficient (Wildman–Crippen LogP) is 4.73. The van der Waals surface area contributed by atoms with Crippen molar-refractivity contribution in [3.63, 3.8) is 0 Å². The molecule has 7 nitrogen and oxygen atoms in total. The van der Waals surface area contributed by atoms with Crippen LogP contribution in [0.5, 0.6) is 5.75 Å². The van der Waals surface area contributed by atoms with Gasteiger partial charge in [-0.05, 0) is 60.9 Å². The molecule has 1 heterocycles. The largest absolute Gasteiger partial charge is 0.496 e. The first-order valence-electron chi connectivity index (χ1n) is 11.9. The van der Waals surface area contributed by atoms with E-state index in [2.05, 4.69) is 22.3 Å². The molecule has 0 bridgehead atoms. The van der Waals surface area contributed by atoms with Crippen molar-refractivity contribution in [1.82, 2.24) is 5.16 Å². The number of anilines is 1. The van der Waals surface area contributed by atoms with E-state index in [1.54, 1.807) is 51.1 Å². The van der Waals surface area contributed by atoms with E-state index < -0.39 is 28.4 Å². The van der Waals surface area contributed by atoms with Gasteiger partial charge >= 0.3 is 5.63 Å². The normalized spacial score (nSPS) is 12.8. The fourth-order valence-electron chi connectivity index (χ4n) is 4.36. The lowest BCUT2D eigenvalue weighted by atomic mass is 9.74. The third-order valence-corrected chi connectivity index (χ3v) is 6.30. The van der Waals surface area contributed by atoms with Crippen molar-refractivity contribution in [2.24, 2.45) is 0 Å². The molecule has 0 saturated carbocycles. The molecule has 0 aliphatic carbocycles. The van der Waals surface area contributed by atoms with Gasteiger partial charge in [0, 0.05) is 28.6 Å². The van der Waals surface area contributed by atoms with E-state index in [-0.39, 0.29) is 6.42 Å². The minimum absolute atomic E-state index is 0.177. The van der Waals surface area contributed by atoms with Gasteiger partial charge in [-0.3, -0.25) is 4.79 Å². The summed E-state index contributed by atoms with van der Waals surface area (Å²) in [7, 11) is 1.47. The number of fused-ring (bicyclic) bond motifs is 1. The molecule has 1 unspecified atom stereocenters. The maximum Gasteiger partial charge on any atom is 0.366 e. The summed E-state index contributed by atoms with van der Waals surface area (Å²) in [6.07, 6.45) is -0.177. The van der Waals surface area contributed by atoms with Gasteiger partial charge in [0.05, 0.1) is 18.2 Å². The van der Waals surface area contributed by atoms with Gasteiger partial charge in [0.15, 0.2) is 0 Å². The second kappa shape index (κ2) is 10.5. The Morgan fingerprint density at radius 1 is 1.11 bits per heavy atom. The number of carbonyl (C=O) groups is 1. The molecule has 0 aliphatic rings. The number of ether oxygens (including phenoxy) is 1. The van der Waals surface area contributed by atoms with Crippen LogP contribution in [0.25, 0.3) is 10.8 Å². The number of methoxy groups -OCH3 is 1. The predicted molar refractivity (Wildman–Crippen MR) is 143 cm³/mol. The van der Waals surface area contributed by atoms with E-state index in [9.17, 15) is 19.1 Å². The van der Waals surface area contributed by atoms with Crippen molar-refractivity contribution in [3.8, 4) is 17.6 Å². The number of nitrogens with zero attached hydrogens (tertiary/aromatic N) is 1. The van der Waals surface area contributed by atoms with Crippen LogP contribution in [0.2, 0.25) is 0 Å². The molecule has 194 valence electrons. The Morgan fingerprint density at radius 2 is 1.84 bits per heavy atom. The molecule has 0 fully saturated rings. The monoisotopic (exact) mass is 514 g/mol. The van der Waals surface area contributed by atoms with Crippen LogP contribution in [0.1, 0.15) is 37.1 Å². The second-order valence-electron chi connectivity index (χ2n) is 9.65. The van der Waals surface area contributed by atoms with Crippen LogP contribution < -0.4 is 15.7 Å². The third kappa shape index (κ3) is 5.58. The van der Waals surface area contributed by atoms with Crippen LogP contribution in [0, 0.1) is 24.6 Å². The number of aliphatic hydroxyl groups is 1. The van der Waals surface area contributed by atoms with E-state index in [1.807, 2.05) is 6.07 Å². The number of halogens is 1. The fourth-order valence-corrected chi connectivity index (χ4v) is 4.36. The van der Waals surface area contributed by atoms with E-state index in [0.717, 1.165) is 0 Å². The Morgan fingerprint density at radius 3 is 2.55 bits per heavy atom. The summed E-state index contributed by atoms with van der Waals surface area (Å²) in [6, 6.07) is 17.7. The Kier molecular flexibility index (Phi) is 7.33. The summed E-state index contributed by atoms with van der Waals surface area (Å²) in [5.41, 5.74) is -1.83. The molecule has 4 rings (SSSR count). The zero-order chi connectivity index (χ0) is 27.5. The topological polar surface area (TPSA) is 102 Å². The molecule has 8 heteroatoms. The lowest BCUT2D eigenvalue weighted by Gasteiger charge is -2.33. The Labute approximate surface area is 219 Å². The fraction of sp³-hybridized carbons (Fsp3) is 0.233. The maximum absolute atomic E-state index is 14.2. The maximum atomic E-state index is 14.2. The molecule has 2 N–H and O–H groups in total. The molecule has 0 spiro atoms. The van der Waals surface area contributed by atoms with Crippen LogP contribution in [0.15, 0.2) is 76.0 Å². The quantitative estimate of drug-likeness (QED) is 0.361. The van der Waals surface area contributed by atoms with E-state index in [1.165, 1.54) is 37.4 Å². The molecule has 0 radical (unpaired) electrons. The first-order valence-corrected chi connectivity index (χ1v) is 11.9. The number of benzene rings is 3. The van der Waals surface area contributed by atoms with Crippen molar-refractivity contribution >= 4 is 22.4 Å². The summed E-state index contributed by atoms with van der Waals surface area (Å²) in [4.78, 5) is 25.6. The minimum Gasteiger partial charge on any atom is -0.496 e. The number of hydrogen-bond donors (Lipinski definition) is 2. The van der Waals surface area contributed by atoms with Gasteiger partial charge in [0.1, 0.15) is 11.6 Å². The first-order chi connectivity index (χ1) is 18.0. The van der Waals surface area contributed by atoms with Crippen molar-refractivity contribution in [2.75, 3.05) is 12.4 Å². The molecule has 0 saturated heterocycles. The van der Waals surface area contributed by atoms with Gasteiger partial charge in [-0.1, -0.05) is 49.0 Å². The highest BCUT2D eigenvalue weighted by Gasteiger charge is 2.42. The second-order valence-corrected chi connectivity index (χ2v) is 9.65. The zero-order valence-electron chi connectivity index (χ0n) is 21.5. The summed E-state index contributed by atoms with van der Waals surface area (Å²) in [5.74, 6) is 4.80. The number of amides is 1. The van der Waals surface area contributed by atoms with Crippen molar-refractivity contribution in [2.45, 2.75) is 38.2 Å². The number of aromatic nitrogens is 1. The molecule has 1 aromatic heterocycles. The third-order valence-electron chi connectivity index (χ3n) is 6.30. The van der Waals surface area contributed by atoms with E-state index in [4.69, 9.17) is 9.26 Å². The van der Waals surface area contributed by atoms with Gasteiger partial charge in [-0.15, -0.1) is 0 Å². The molecule has 4 aromatic rings. The minimum atomic E-state index is -2.19. The molecular weight excluding hydrogens is 487 g/mol. The van der Waals surface area contributed by atoms with Crippen LogP contribution in [-0.2, 0) is 10.2 Å². The molecule has 1 atom stereocenters. The average molecular weight is 515 g/mol. The van der Waals surface area contributed by atoms with Crippen LogP contribution >= 0.6 is 0 Å². The summed E-state index contributed by atoms with van der Waals surface area (Å²) < 4.78 is 24.4. The zero-order valence-corrected chi connectivity index (χ0v) is 21.5. The Bertz CT molecular complexity index is 1620. The number of rotatable bonds is 6. The Hall–Kier alpha value is -4.48. The summed E-state index contributed by atoms with van der Waals surface area (Å²) >= 11 is 0. The van der Waals surface area contributed by atoms with Gasteiger partial charge in [-0.2, -0.15) is 0 Å². The lowest BCUT2D eigenvalue weighted by Crippen LogP contribution is -2.46. The van der Waals surface area contributed by atoms with Crippen molar-refractivity contribution in [3.05, 3.63) is 99.8 Å². The van der Waals surface area contributed by atoms with Gasteiger partial charge in [0.25, 0.3) is 5.91 Å². The molecular formula is C30H27FN2O5. The van der Waals surface area contributed by atoms with Crippen LogP contribution in [-0.4, -0.2) is 28.9 Å². The van der Waals surface area contributed by atoms with Gasteiger partial charge < -0.3 is 19.7 Å². The molecule has 0 aliphatic heterocycles. The highest BCUT2D eigenvalue weighted by atomic mass is 19.1. The highest BCUT2D eigenvalue weighted by molar-refractivity contribution is 6.01. The van der Waals surface area contributed by atoms with Crippen molar-refractivity contribution in [1.29, 1.82) is 0 Å².